The first-order valence-corrected chi connectivity index (χ1v) is 15.4. The van der Waals surface area contributed by atoms with Gasteiger partial charge in [-0.05, 0) is 66.7 Å². The second-order valence-corrected chi connectivity index (χ2v) is 11.4. The van der Waals surface area contributed by atoms with E-state index in [2.05, 4.69) is 56.3 Å². The first-order chi connectivity index (χ1) is 17.3. The number of rotatable bonds is 17. The highest BCUT2D eigenvalue weighted by molar-refractivity contribution is 5.75. The molecule has 0 saturated heterocycles. The van der Waals surface area contributed by atoms with Gasteiger partial charge in [-0.25, -0.2) is 0 Å². The zero-order chi connectivity index (χ0) is 24.6. The Morgan fingerprint density at radius 3 is 1.97 bits per heavy atom. The van der Waals surface area contributed by atoms with E-state index < -0.39 is 0 Å². The van der Waals surface area contributed by atoms with Crippen LogP contribution in [0, 0.1) is 17.8 Å². The summed E-state index contributed by atoms with van der Waals surface area (Å²) < 4.78 is 6.00. The Bertz CT molecular complexity index is 719. The summed E-state index contributed by atoms with van der Waals surface area (Å²) in [6.07, 6.45) is 32.4. The van der Waals surface area contributed by atoms with Crippen LogP contribution in [-0.4, -0.2) is 6.61 Å². The van der Waals surface area contributed by atoms with Crippen LogP contribution in [0.3, 0.4) is 0 Å². The van der Waals surface area contributed by atoms with E-state index in [0.717, 1.165) is 30.1 Å². The lowest BCUT2D eigenvalue weighted by Gasteiger charge is -2.33. The molecule has 3 rings (SSSR count). The molecule has 1 unspecified atom stereocenters. The van der Waals surface area contributed by atoms with Crippen LogP contribution in [0.2, 0.25) is 0 Å². The molecule has 1 heteroatoms. The van der Waals surface area contributed by atoms with Gasteiger partial charge in [0.05, 0.1) is 6.61 Å². The number of benzene rings is 1. The fraction of sp³-hybridized carbons (Fsp3) is 0.706. The smallest absolute Gasteiger partial charge is 0.119 e. The van der Waals surface area contributed by atoms with Gasteiger partial charge in [-0.1, -0.05) is 134 Å². The van der Waals surface area contributed by atoms with Crippen molar-refractivity contribution in [3.63, 3.8) is 0 Å². The molecule has 0 spiro atoms. The Morgan fingerprint density at radius 1 is 0.714 bits per heavy atom. The molecule has 0 aromatic heterocycles. The van der Waals surface area contributed by atoms with Gasteiger partial charge < -0.3 is 4.74 Å². The molecule has 0 amide bonds. The molecule has 1 atom stereocenters. The molecule has 35 heavy (non-hydrogen) atoms. The minimum absolute atomic E-state index is 0.758. The van der Waals surface area contributed by atoms with Crippen LogP contribution in [0.4, 0.5) is 0 Å². The summed E-state index contributed by atoms with van der Waals surface area (Å²) in [7, 11) is 0. The van der Waals surface area contributed by atoms with Gasteiger partial charge in [0.25, 0.3) is 0 Å². The lowest BCUT2D eigenvalue weighted by atomic mass is 9.72. The molecule has 1 aromatic rings. The third-order valence-electron chi connectivity index (χ3n) is 8.55. The molecule has 0 heterocycles. The lowest BCUT2D eigenvalue weighted by Crippen LogP contribution is -2.21. The second kappa shape index (κ2) is 17.0. The zero-order valence-electron chi connectivity index (χ0n) is 23.1. The van der Waals surface area contributed by atoms with Crippen LogP contribution in [0.25, 0.3) is 5.57 Å². The minimum Gasteiger partial charge on any atom is -0.494 e. The van der Waals surface area contributed by atoms with Crippen molar-refractivity contribution in [1.29, 1.82) is 0 Å². The highest BCUT2D eigenvalue weighted by Gasteiger charge is 2.26. The summed E-state index contributed by atoms with van der Waals surface area (Å²) in [4.78, 5) is 0. The monoisotopic (exact) mass is 478 g/mol. The fourth-order valence-corrected chi connectivity index (χ4v) is 6.14. The summed E-state index contributed by atoms with van der Waals surface area (Å²) >= 11 is 0. The van der Waals surface area contributed by atoms with Gasteiger partial charge in [-0.2, -0.15) is 0 Å². The van der Waals surface area contributed by atoms with Crippen LogP contribution in [-0.2, 0) is 0 Å². The SMILES string of the molecule is CCCCCCCCCCOc1ccc(C2=CCC([C@H]3CC[C@H](CCCCCC)CC3)C=C2)cc1. The van der Waals surface area contributed by atoms with Gasteiger partial charge in [0.1, 0.15) is 5.75 Å². The molecule has 1 nitrogen and oxygen atoms in total. The average molecular weight is 479 g/mol. The Morgan fingerprint density at radius 2 is 1.34 bits per heavy atom. The van der Waals surface area contributed by atoms with Crippen LogP contribution in [0.1, 0.15) is 135 Å². The summed E-state index contributed by atoms with van der Waals surface area (Å²) in [6, 6.07) is 8.79. The van der Waals surface area contributed by atoms with Crippen molar-refractivity contribution in [2.24, 2.45) is 17.8 Å². The maximum absolute atomic E-state index is 6.00. The Hall–Kier alpha value is -1.50. The van der Waals surface area contributed by atoms with Crippen LogP contribution in [0.5, 0.6) is 5.75 Å². The fourth-order valence-electron chi connectivity index (χ4n) is 6.14. The molecule has 0 aliphatic heterocycles. The molecule has 1 saturated carbocycles. The molecule has 2 aliphatic carbocycles. The molecular formula is C34H54O. The van der Waals surface area contributed by atoms with E-state index in [0.29, 0.717) is 0 Å². The van der Waals surface area contributed by atoms with E-state index in [-0.39, 0.29) is 0 Å². The molecule has 0 N–H and O–H groups in total. The number of allylic oxidation sites excluding steroid dienone is 4. The van der Waals surface area contributed by atoms with Crippen molar-refractivity contribution in [2.45, 2.75) is 129 Å². The van der Waals surface area contributed by atoms with Gasteiger partial charge in [-0.15, -0.1) is 0 Å². The van der Waals surface area contributed by atoms with E-state index in [1.807, 2.05) is 0 Å². The van der Waals surface area contributed by atoms with Gasteiger partial charge in [0.15, 0.2) is 0 Å². The van der Waals surface area contributed by atoms with E-state index in [4.69, 9.17) is 4.74 Å². The largest absolute Gasteiger partial charge is 0.494 e. The van der Waals surface area contributed by atoms with Crippen LogP contribution < -0.4 is 4.74 Å². The normalized spacial score (nSPS) is 22.2. The van der Waals surface area contributed by atoms with Crippen molar-refractivity contribution in [3.8, 4) is 5.75 Å². The van der Waals surface area contributed by atoms with Gasteiger partial charge in [0.2, 0.25) is 0 Å². The highest BCUT2D eigenvalue weighted by Crippen LogP contribution is 2.39. The standard InChI is InChI=1S/C34H54O/c1-3-5-7-9-10-11-12-14-28-35-34-26-24-33(25-27-34)32-22-20-31(21-23-32)30-18-16-29(17-19-30)15-13-8-6-4-2/h20,22-27,29-31H,3-19,21,28H2,1-2H3/t29-,30-,31?. The maximum atomic E-state index is 6.00. The third-order valence-corrected chi connectivity index (χ3v) is 8.55. The van der Waals surface area contributed by atoms with Crippen molar-refractivity contribution in [3.05, 3.63) is 48.1 Å². The number of ether oxygens (including phenoxy) is 1. The first-order valence-electron chi connectivity index (χ1n) is 15.4. The lowest BCUT2D eigenvalue weighted by molar-refractivity contribution is 0.218. The molecule has 1 aromatic carbocycles. The van der Waals surface area contributed by atoms with Gasteiger partial charge in [0, 0.05) is 0 Å². The number of unbranched alkanes of at least 4 members (excludes halogenated alkanes) is 10. The molecule has 2 aliphatic rings. The molecule has 196 valence electrons. The quantitative estimate of drug-likeness (QED) is 0.202. The van der Waals surface area contributed by atoms with E-state index in [1.165, 1.54) is 127 Å². The minimum atomic E-state index is 0.758. The highest BCUT2D eigenvalue weighted by atomic mass is 16.5. The van der Waals surface area contributed by atoms with E-state index in [1.54, 1.807) is 0 Å². The predicted molar refractivity (Wildman–Crippen MR) is 154 cm³/mol. The van der Waals surface area contributed by atoms with E-state index >= 15 is 0 Å². The summed E-state index contributed by atoms with van der Waals surface area (Å²) in [5, 5.41) is 0. The van der Waals surface area contributed by atoms with Crippen molar-refractivity contribution < 1.29 is 4.74 Å². The molecule has 0 bridgehead atoms. The molecule has 1 fully saturated rings. The summed E-state index contributed by atoms with van der Waals surface area (Å²) in [5.41, 5.74) is 2.72. The number of hydrogen-bond donors (Lipinski definition) is 0. The zero-order valence-corrected chi connectivity index (χ0v) is 23.1. The Labute approximate surface area is 217 Å². The third kappa shape index (κ3) is 10.6. The van der Waals surface area contributed by atoms with Gasteiger partial charge in [-0.3, -0.25) is 0 Å². The molecular weight excluding hydrogens is 424 g/mol. The average Bonchev–Trinajstić information content (AvgIpc) is 2.91. The topological polar surface area (TPSA) is 9.23 Å². The Balaban J connectivity index is 1.30. The van der Waals surface area contributed by atoms with Crippen LogP contribution >= 0.6 is 0 Å². The Kier molecular flexibility index (Phi) is 13.7. The maximum Gasteiger partial charge on any atom is 0.119 e. The second-order valence-electron chi connectivity index (χ2n) is 11.4. The van der Waals surface area contributed by atoms with E-state index in [9.17, 15) is 0 Å². The summed E-state index contributed by atoms with van der Waals surface area (Å²) in [5.74, 6) is 3.69. The van der Waals surface area contributed by atoms with Crippen molar-refractivity contribution >= 4 is 5.57 Å². The van der Waals surface area contributed by atoms with Crippen molar-refractivity contribution in [1.82, 2.24) is 0 Å². The van der Waals surface area contributed by atoms with Crippen LogP contribution in [0.15, 0.2) is 42.5 Å². The van der Waals surface area contributed by atoms with Crippen molar-refractivity contribution in [2.75, 3.05) is 6.61 Å². The number of hydrogen-bond acceptors (Lipinski definition) is 1. The predicted octanol–water partition coefficient (Wildman–Crippen LogP) is 10.9. The van der Waals surface area contributed by atoms with Gasteiger partial charge >= 0.3 is 0 Å². The molecule has 0 radical (unpaired) electrons. The summed E-state index contributed by atoms with van der Waals surface area (Å²) in [6.45, 7) is 5.44. The first kappa shape index (κ1) is 28.1.